The first-order valence-corrected chi connectivity index (χ1v) is 8.20. The molecule has 0 heterocycles. The van der Waals surface area contributed by atoms with E-state index < -0.39 is 10.8 Å². The van der Waals surface area contributed by atoms with Gasteiger partial charge in [0, 0.05) is 29.2 Å². The number of hydrogen-bond acceptors (Lipinski definition) is 4. The molecule has 3 aromatic carbocycles. The normalized spacial score (nSPS) is 10.9. The summed E-state index contributed by atoms with van der Waals surface area (Å²) in [4.78, 5) is 10.5. The van der Waals surface area contributed by atoms with Gasteiger partial charge in [0.1, 0.15) is 11.5 Å². The van der Waals surface area contributed by atoms with Crippen LogP contribution in [0.5, 0.6) is 11.5 Å². The monoisotopic (exact) mass is 349 g/mol. The molecule has 0 radical (unpaired) electrons. The Morgan fingerprint density at radius 1 is 0.808 bits per heavy atom. The Balaban J connectivity index is 2.23. The fourth-order valence-corrected chi connectivity index (χ4v) is 3.13. The Kier molecular flexibility index (Phi) is 4.63. The molecular formula is C21H19NO4. The summed E-state index contributed by atoms with van der Waals surface area (Å²) in [6, 6.07) is 16.8. The highest BCUT2D eigenvalue weighted by molar-refractivity contribution is 5.54. The van der Waals surface area contributed by atoms with Gasteiger partial charge in [-0.05, 0) is 31.5 Å². The molecule has 132 valence electrons. The van der Waals surface area contributed by atoms with Gasteiger partial charge in [0.2, 0.25) is 0 Å². The number of non-ortho nitro benzene ring substituents is 1. The highest BCUT2D eigenvalue weighted by Gasteiger charge is 2.23. The zero-order valence-electron chi connectivity index (χ0n) is 14.5. The Bertz CT molecular complexity index is 913. The van der Waals surface area contributed by atoms with Crippen LogP contribution in [0.25, 0.3) is 0 Å². The first-order valence-electron chi connectivity index (χ1n) is 8.20. The summed E-state index contributed by atoms with van der Waals surface area (Å²) in [6.07, 6.45) is 0. The third-order valence-corrected chi connectivity index (χ3v) is 4.43. The molecule has 3 rings (SSSR count). The summed E-state index contributed by atoms with van der Waals surface area (Å²) in [5, 5.41) is 31.8. The van der Waals surface area contributed by atoms with Gasteiger partial charge in [-0.1, -0.05) is 47.5 Å². The van der Waals surface area contributed by atoms with Crippen LogP contribution in [0.3, 0.4) is 0 Å². The second kappa shape index (κ2) is 6.88. The summed E-state index contributed by atoms with van der Waals surface area (Å²) in [5.41, 5.74) is 3.96. The third-order valence-electron chi connectivity index (χ3n) is 4.43. The number of rotatable bonds is 4. The van der Waals surface area contributed by atoms with E-state index in [2.05, 4.69) is 0 Å². The quantitative estimate of drug-likeness (QED) is 0.402. The largest absolute Gasteiger partial charge is 0.508 e. The van der Waals surface area contributed by atoms with Crippen molar-refractivity contribution in [1.82, 2.24) is 0 Å². The molecule has 0 aliphatic heterocycles. The Hall–Kier alpha value is -3.34. The lowest BCUT2D eigenvalue weighted by Gasteiger charge is -2.22. The number of aryl methyl sites for hydroxylation is 2. The number of nitro benzene ring substituents is 1. The van der Waals surface area contributed by atoms with Gasteiger partial charge in [-0.25, -0.2) is 0 Å². The zero-order chi connectivity index (χ0) is 18.8. The van der Waals surface area contributed by atoms with Crippen LogP contribution in [0, 0.1) is 24.0 Å². The molecule has 26 heavy (non-hydrogen) atoms. The molecule has 0 saturated heterocycles. The lowest BCUT2D eigenvalue weighted by Crippen LogP contribution is -2.05. The lowest BCUT2D eigenvalue weighted by atomic mass is 9.83. The van der Waals surface area contributed by atoms with Crippen LogP contribution in [0.4, 0.5) is 5.69 Å². The second-order valence-corrected chi connectivity index (χ2v) is 6.41. The maximum absolute atomic E-state index is 10.9. The molecule has 0 bridgehead atoms. The van der Waals surface area contributed by atoms with Gasteiger partial charge in [0.05, 0.1) is 4.92 Å². The van der Waals surface area contributed by atoms with Crippen molar-refractivity contribution in [3.8, 4) is 11.5 Å². The molecule has 2 N–H and O–H groups in total. The maximum Gasteiger partial charge on any atom is 0.269 e. The molecular weight excluding hydrogens is 330 g/mol. The van der Waals surface area contributed by atoms with Crippen LogP contribution in [-0.4, -0.2) is 15.1 Å². The van der Waals surface area contributed by atoms with Crippen LogP contribution >= 0.6 is 0 Å². The molecule has 0 unspecified atom stereocenters. The number of nitro groups is 1. The van der Waals surface area contributed by atoms with Gasteiger partial charge in [0.25, 0.3) is 5.69 Å². The smallest absolute Gasteiger partial charge is 0.269 e. The van der Waals surface area contributed by atoms with E-state index in [1.807, 2.05) is 38.1 Å². The lowest BCUT2D eigenvalue weighted by molar-refractivity contribution is -0.384. The second-order valence-electron chi connectivity index (χ2n) is 6.41. The highest BCUT2D eigenvalue weighted by Crippen LogP contribution is 2.41. The van der Waals surface area contributed by atoms with Gasteiger partial charge in [-0.15, -0.1) is 0 Å². The van der Waals surface area contributed by atoms with E-state index in [9.17, 15) is 20.3 Å². The van der Waals surface area contributed by atoms with Crippen LogP contribution < -0.4 is 0 Å². The van der Waals surface area contributed by atoms with Gasteiger partial charge < -0.3 is 10.2 Å². The highest BCUT2D eigenvalue weighted by atomic mass is 16.6. The van der Waals surface area contributed by atoms with Crippen molar-refractivity contribution >= 4 is 5.69 Å². The average molecular weight is 349 g/mol. The molecule has 0 spiro atoms. The molecule has 0 aliphatic carbocycles. The summed E-state index contributed by atoms with van der Waals surface area (Å²) in [7, 11) is 0. The average Bonchev–Trinajstić information content (AvgIpc) is 2.61. The zero-order valence-corrected chi connectivity index (χ0v) is 14.5. The minimum Gasteiger partial charge on any atom is -0.508 e. The molecule has 0 aromatic heterocycles. The summed E-state index contributed by atoms with van der Waals surface area (Å²) < 4.78 is 0. The molecule has 0 saturated carbocycles. The van der Waals surface area contributed by atoms with Crippen molar-refractivity contribution in [2.75, 3.05) is 0 Å². The van der Waals surface area contributed by atoms with E-state index in [1.54, 1.807) is 24.3 Å². The predicted octanol–water partition coefficient (Wildman–Crippen LogP) is 4.80. The van der Waals surface area contributed by atoms with Crippen LogP contribution in [-0.2, 0) is 0 Å². The van der Waals surface area contributed by atoms with Gasteiger partial charge in [0.15, 0.2) is 0 Å². The van der Waals surface area contributed by atoms with Crippen molar-refractivity contribution in [2.45, 2.75) is 19.8 Å². The van der Waals surface area contributed by atoms with Gasteiger partial charge in [-0.3, -0.25) is 10.1 Å². The Morgan fingerprint density at radius 2 is 1.27 bits per heavy atom. The third kappa shape index (κ3) is 3.37. The standard InChI is InChI=1S/C21H19NO4/c1-13-3-9-19(23)17(11-13)21(18-12-14(2)4-10-20(18)24)15-5-7-16(8-6-15)22(25)26/h3-12,21,23-24H,1-2H3. The summed E-state index contributed by atoms with van der Waals surface area (Å²) in [6.45, 7) is 3.85. The van der Waals surface area contributed by atoms with E-state index >= 15 is 0 Å². The van der Waals surface area contributed by atoms with Crippen molar-refractivity contribution in [3.05, 3.63) is 98.6 Å². The summed E-state index contributed by atoms with van der Waals surface area (Å²) in [5.74, 6) is -0.227. The van der Waals surface area contributed by atoms with Crippen molar-refractivity contribution in [2.24, 2.45) is 0 Å². The van der Waals surface area contributed by atoms with E-state index in [0.29, 0.717) is 11.1 Å². The molecule has 0 fully saturated rings. The van der Waals surface area contributed by atoms with Gasteiger partial charge in [-0.2, -0.15) is 0 Å². The number of phenolic OH excluding ortho intramolecular Hbond substituents is 2. The number of hydrogen-bond donors (Lipinski definition) is 2. The summed E-state index contributed by atoms with van der Waals surface area (Å²) >= 11 is 0. The SMILES string of the molecule is Cc1ccc(O)c(C(c2ccc([N+](=O)[O-])cc2)c2cc(C)ccc2O)c1. The van der Waals surface area contributed by atoms with Crippen molar-refractivity contribution < 1.29 is 15.1 Å². The molecule has 5 nitrogen and oxygen atoms in total. The molecule has 3 aromatic rings. The number of aromatic hydroxyl groups is 2. The fraction of sp³-hybridized carbons (Fsp3) is 0.143. The van der Waals surface area contributed by atoms with Crippen LogP contribution in [0.15, 0.2) is 60.7 Å². The van der Waals surface area contributed by atoms with Crippen LogP contribution in [0.1, 0.15) is 33.7 Å². The maximum atomic E-state index is 10.9. The topological polar surface area (TPSA) is 83.6 Å². The predicted molar refractivity (Wildman–Crippen MR) is 99.7 cm³/mol. The minimum absolute atomic E-state index is 0.00516. The van der Waals surface area contributed by atoms with E-state index in [4.69, 9.17) is 0 Å². The Labute approximate surface area is 151 Å². The molecule has 0 amide bonds. The van der Waals surface area contributed by atoms with Gasteiger partial charge >= 0.3 is 0 Å². The number of benzene rings is 3. The first-order chi connectivity index (χ1) is 12.4. The van der Waals surface area contributed by atoms with Crippen molar-refractivity contribution in [3.63, 3.8) is 0 Å². The number of nitrogens with zero attached hydrogens (tertiary/aromatic N) is 1. The Morgan fingerprint density at radius 3 is 1.69 bits per heavy atom. The molecule has 0 atom stereocenters. The van der Waals surface area contributed by atoms with Crippen molar-refractivity contribution in [1.29, 1.82) is 0 Å². The van der Waals surface area contributed by atoms with E-state index in [0.717, 1.165) is 16.7 Å². The minimum atomic E-state index is -0.451. The molecule has 5 heteroatoms. The number of phenols is 2. The van der Waals surface area contributed by atoms with Crippen LogP contribution in [0.2, 0.25) is 0 Å². The van der Waals surface area contributed by atoms with E-state index in [-0.39, 0.29) is 17.2 Å². The fourth-order valence-electron chi connectivity index (χ4n) is 3.13. The van der Waals surface area contributed by atoms with E-state index in [1.165, 1.54) is 12.1 Å². The first kappa shape index (κ1) is 17.5. The molecule has 0 aliphatic rings.